The highest BCUT2D eigenvalue weighted by Crippen LogP contribution is 2.35. The Bertz CT molecular complexity index is 2060. The van der Waals surface area contributed by atoms with E-state index in [9.17, 15) is 24.0 Å². The zero-order valence-corrected chi connectivity index (χ0v) is 26.6. The van der Waals surface area contributed by atoms with E-state index in [0.29, 0.717) is 22.6 Å². The molecule has 0 radical (unpaired) electrons. The summed E-state index contributed by atoms with van der Waals surface area (Å²) in [4.78, 5) is 65.9. The Morgan fingerprint density at radius 1 is 0.750 bits per heavy atom. The van der Waals surface area contributed by atoms with Gasteiger partial charge in [0.05, 0.1) is 10.9 Å². The van der Waals surface area contributed by atoms with Crippen molar-refractivity contribution < 1.29 is 24.0 Å². The summed E-state index contributed by atoms with van der Waals surface area (Å²) in [6.45, 7) is 1.40. The zero-order chi connectivity index (χ0) is 33.6. The van der Waals surface area contributed by atoms with Gasteiger partial charge in [-0.1, -0.05) is 60.7 Å². The van der Waals surface area contributed by atoms with Gasteiger partial charge in [-0.05, 0) is 83.1 Å². The second kappa shape index (κ2) is 14.2. The highest BCUT2D eigenvalue weighted by atomic mass is 32.2. The van der Waals surface area contributed by atoms with Crippen molar-refractivity contribution in [2.24, 2.45) is 0 Å². The number of benzene rings is 5. The summed E-state index contributed by atoms with van der Waals surface area (Å²) in [7, 11) is 0. The normalized spacial score (nSPS) is 14.6. The number of rotatable bonds is 9. The van der Waals surface area contributed by atoms with Crippen molar-refractivity contribution in [3.05, 3.63) is 138 Å². The van der Waals surface area contributed by atoms with Gasteiger partial charge in [0.25, 0.3) is 11.8 Å². The van der Waals surface area contributed by atoms with Gasteiger partial charge in [0.1, 0.15) is 5.70 Å². The van der Waals surface area contributed by atoms with Gasteiger partial charge < -0.3 is 16.0 Å². The van der Waals surface area contributed by atoms with Crippen molar-refractivity contribution in [2.75, 3.05) is 15.5 Å². The number of carbonyl (C=O) groups excluding carboxylic acids is 5. The van der Waals surface area contributed by atoms with Crippen molar-refractivity contribution in [3.63, 3.8) is 0 Å². The van der Waals surface area contributed by atoms with Crippen LogP contribution in [0.4, 0.5) is 17.1 Å². The molecule has 1 atom stereocenters. The minimum Gasteiger partial charge on any atom is -0.326 e. The lowest BCUT2D eigenvalue weighted by Gasteiger charge is -2.16. The standard InChI is InChI=1S/C38H30N4O5S/c1-24(43)39-28-14-18-30(19-15-28)42-35(44)23-34(38(42)47)48-31-20-16-29(17-21-31)40-37(46)33(41-36(45)26-9-3-2-4-10-26)22-27-12-7-11-25-8-5-6-13-32(25)27/h2-22,34H,23H2,1H3,(H,39,43)(H,40,46)(H,41,45)/b33-22-. The van der Waals surface area contributed by atoms with Gasteiger partial charge in [0.15, 0.2) is 0 Å². The molecule has 5 aromatic rings. The molecule has 0 aliphatic carbocycles. The highest BCUT2D eigenvalue weighted by Gasteiger charge is 2.40. The molecule has 1 aliphatic heterocycles. The van der Waals surface area contributed by atoms with E-state index in [1.54, 1.807) is 78.9 Å². The summed E-state index contributed by atoms with van der Waals surface area (Å²) in [5.41, 5.74) is 2.74. The Kier molecular flexibility index (Phi) is 9.45. The molecule has 5 amide bonds. The summed E-state index contributed by atoms with van der Waals surface area (Å²) < 4.78 is 0. The molecule has 1 aliphatic rings. The maximum absolute atomic E-state index is 13.6. The van der Waals surface area contributed by atoms with Gasteiger partial charge in [0, 0.05) is 35.2 Å². The lowest BCUT2D eigenvalue weighted by Crippen LogP contribution is -2.31. The van der Waals surface area contributed by atoms with Crippen LogP contribution in [-0.4, -0.2) is 34.8 Å². The minimum atomic E-state index is -0.614. The van der Waals surface area contributed by atoms with Crippen molar-refractivity contribution in [1.29, 1.82) is 0 Å². The Hall–Kier alpha value is -6.00. The topological polar surface area (TPSA) is 125 Å². The first-order valence-electron chi connectivity index (χ1n) is 15.1. The molecule has 1 heterocycles. The van der Waals surface area contributed by atoms with E-state index < -0.39 is 17.1 Å². The fourth-order valence-corrected chi connectivity index (χ4v) is 6.37. The van der Waals surface area contributed by atoms with E-state index in [4.69, 9.17) is 0 Å². The summed E-state index contributed by atoms with van der Waals surface area (Å²) in [6, 6.07) is 35.7. The molecule has 1 unspecified atom stereocenters. The number of amides is 5. The van der Waals surface area contributed by atoms with E-state index in [1.165, 1.54) is 18.7 Å². The lowest BCUT2D eigenvalue weighted by molar-refractivity contribution is -0.121. The number of nitrogens with one attached hydrogen (secondary N) is 3. The van der Waals surface area contributed by atoms with E-state index in [-0.39, 0.29) is 29.8 Å². The second-order valence-electron chi connectivity index (χ2n) is 11.0. The molecule has 10 heteroatoms. The summed E-state index contributed by atoms with van der Waals surface area (Å²) in [6.07, 6.45) is 1.70. The average Bonchev–Trinajstić information content (AvgIpc) is 3.37. The second-order valence-corrected chi connectivity index (χ2v) is 12.3. The molecule has 0 spiro atoms. The van der Waals surface area contributed by atoms with Crippen LogP contribution in [0, 0.1) is 0 Å². The maximum Gasteiger partial charge on any atom is 0.272 e. The van der Waals surface area contributed by atoms with Crippen molar-refractivity contribution in [1.82, 2.24) is 5.32 Å². The predicted molar refractivity (Wildman–Crippen MR) is 188 cm³/mol. The monoisotopic (exact) mass is 654 g/mol. The molecule has 6 rings (SSSR count). The third-order valence-electron chi connectivity index (χ3n) is 7.59. The first-order chi connectivity index (χ1) is 23.2. The zero-order valence-electron chi connectivity index (χ0n) is 25.8. The third-order valence-corrected chi connectivity index (χ3v) is 8.79. The van der Waals surface area contributed by atoms with Gasteiger partial charge in [-0.3, -0.25) is 24.0 Å². The minimum absolute atomic E-state index is 0.0405. The molecule has 9 nitrogen and oxygen atoms in total. The molecule has 0 aromatic heterocycles. The van der Waals surface area contributed by atoms with Gasteiger partial charge in [0.2, 0.25) is 17.7 Å². The number of hydrogen-bond donors (Lipinski definition) is 3. The van der Waals surface area contributed by atoms with Crippen LogP contribution < -0.4 is 20.9 Å². The average molecular weight is 655 g/mol. The molecule has 48 heavy (non-hydrogen) atoms. The van der Waals surface area contributed by atoms with Crippen LogP contribution in [0.5, 0.6) is 0 Å². The smallest absolute Gasteiger partial charge is 0.272 e. The SMILES string of the molecule is CC(=O)Nc1ccc(N2C(=O)CC(Sc3ccc(NC(=O)/C(=C/c4cccc5ccccc45)NC(=O)c4ccccc4)cc3)C2=O)cc1. The largest absolute Gasteiger partial charge is 0.326 e. The number of thioether (sulfide) groups is 1. The number of fused-ring (bicyclic) bond motifs is 1. The Morgan fingerprint density at radius 3 is 2.12 bits per heavy atom. The molecule has 238 valence electrons. The fraction of sp³-hybridized carbons (Fsp3) is 0.0789. The third kappa shape index (κ3) is 7.35. The van der Waals surface area contributed by atoms with Crippen LogP contribution in [0.1, 0.15) is 29.3 Å². The van der Waals surface area contributed by atoms with Crippen LogP contribution in [0.2, 0.25) is 0 Å². The van der Waals surface area contributed by atoms with Crippen molar-refractivity contribution in [3.8, 4) is 0 Å². The Balaban J connectivity index is 1.16. The van der Waals surface area contributed by atoms with Crippen molar-refractivity contribution >= 4 is 75.2 Å². The summed E-state index contributed by atoms with van der Waals surface area (Å²) in [5.74, 6) is -1.78. The van der Waals surface area contributed by atoms with E-state index in [2.05, 4.69) is 16.0 Å². The Morgan fingerprint density at radius 2 is 1.40 bits per heavy atom. The molecule has 0 saturated carbocycles. The summed E-state index contributed by atoms with van der Waals surface area (Å²) in [5, 5.41) is 9.62. The predicted octanol–water partition coefficient (Wildman–Crippen LogP) is 6.63. The van der Waals surface area contributed by atoms with E-state index >= 15 is 0 Å². The first kappa shape index (κ1) is 32.0. The number of imide groups is 1. The van der Waals surface area contributed by atoms with Crippen LogP contribution in [-0.2, 0) is 19.2 Å². The van der Waals surface area contributed by atoms with Crippen LogP contribution in [0.25, 0.3) is 16.8 Å². The molecular weight excluding hydrogens is 625 g/mol. The van der Waals surface area contributed by atoms with Crippen LogP contribution in [0.15, 0.2) is 132 Å². The Labute approximate surface area is 281 Å². The van der Waals surface area contributed by atoms with Gasteiger partial charge >= 0.3 is 0 Å². The highest BCUT2D eigenvalue weighted by molar-refractivity contribution is 8.00. The number of carbonyl (C=O) groups is 5. The fourth-order valence-electron chi connectivity index (χ4n) is 5.32. The number of anilines is 3. The quantitative estimate of drug-likeness (QED) is 0.121. The molecule has 0 bridgehead atoms. The molecular formula is C38H30N4O5S. The van der Waals surface area contributed by atoms with Crippen molar-refractivity contribution in [2.45, 2.75) is 23.5 Å². The van der Waals surface area contributed by atoms with Gasteiger partial charge in [-0.2, -0.15) is 0 Å². The van der Waals surface area contributed by atoms with Gasteiger partial charge in [-0.25, -0.2) is 4.90 Å². The lowest BCUT2D eigenvalue weighted by atomic mass is 10.0. The maximum atomic E-state index is 13.6. The molecule has 3 N–H and O–H groups in total. The molecule has 1 fully saturated rings. The molecule has 5 aromatic carbocycles. The number of hydrogen-bond acceptors (Lipinski definition) is 6. The summed E-state index contributed by atoms with van der Waals surface area (Å²) >= 11 is 1.27. The van der Waals surface area contributed by atoms with Crippen LogP contribution in [0.3, 0.4) is 0 Å². The van der Waals surface area contributed by atoms with E-state index in [1.807, 2.05) is 48.5 Å². The van der Waals surface area contributed by atoms with E-state index in [0.717, 1.165) is 26.1 Å². The molecule has 1 saturated heterocycles. The number of nitrogens with zero attached hydrogens (tertiary/aromatic N) is 1. The van der Waals surface area contributed by atoms with Crippen LogP contribution >= 0.6 is 11.8 Å². The first-order valence-corrected chi connectivity index (χ1v) is 16.0. The van der Waals surface area contributed by atoms with Gasteiger partial charge in [-0.15, -0.1) is 11.8 Å².